The van der Waals surface area contributed by atoms with Gasteiger partial charge in [0.2, 0.25) is 0 Å². The van der Waals surface area contributed by atoms with Gasteiger partial charge in [-0.05, 0) is 17.7 Å². The predicted octanol–water partition coefficient (Wildman–Crippen LogP) is 1.98. The van der Waals surface area contributed by atoms with Crippen LogP contribution in [0.3, 0.4) is 0 Å². The van der Waals surface area contributed by atoms with Gasteiger partial charge in [0.15, 0.2) is 6.61 Å². The maximum absolute atomic E-state index is 11.3. The Hall–Kier alpha value is -2.20. The van der Waals surface area contributed by atoms with Crippen molar-refractivity contribution >= 4 is 17.3 Å². The summed E-state index contributed by atoms with van der Waals surface area (Å²) < 4.78 is 5.22. The van der Waals surface area contributed by atoms with Crippen LogP contribution >= 0.6 is 0 Å². The van der Waals surface area contributed by atoms with E-state index in [1.807, 2.05) is 0 Å². The van der Waals surface area contributed by atoms with Crippen LogP contribution in [-0.4, -0.2) is 19.6 Å². The fourth-order valence-electron chi connectivity index (χ4n) is 1.38. The molecule has 1 aromatic carbocycles. The minimum absolute atomic E-state index is 0.0171. The molecule has 2 rings (SSSR count). The third kappa shape index (κ3) is 1.58. The summed E-state index contributed by atoms with van der Waals surface area (Å²) in [5.74, 6) is 0.459. The lowest BCUT2D eigenvalue weighted by atomic mass is 10.2. The van der Waals surface area contributed by atoms with E-state index in [2.05, 4.69) is 10.0 Å². The molecular weight excluding hydrogens is 196 g/mol. The van der Waals surface area contributed by atoms with Gasteiger partial charge in [-0.15, -0.1) is 0 Å². The highest BCUT2D eigenvalue weighted by molar-refractivity contribution is 5.97. The molecule has 0 N–H and O–H groups in total. The number of nitrogens with zero attached hydrogens (tertiary/aromatic N) is 4. The SMILES string of the molecule is CN1C(=O)COc2cc(N=[N+]=[N-])ccc21. The van der Waals surface area contributed by atoms with E-state index >= 15 is 0 Å². The van der Waals surface area contributed by atoms with Crippen molar-refractivity contribution in [1.29, 1.82) is 0 Å². The number of likely N-dealkylation sites (N-methyl/N-ethyl adjacent to an activating group) is 1. The molecule has 76 valence electrons. The first-order valence-corrected chi connectivity index (χ1v) is 4.31. The largest absolute Gasteiger partial charge is 0.482 e. The molecule has 0 aromatic heterocycles. The third-order valence-corrected chi connectivity index (χ3v) is 2.19. The average molecular weight is 204 g/mol. The first-order chi connectivity index (χ1) is 7.22. The van der Waals surface area contributed by atoms with Crippen LogP contribution in [0.4, 0.5) is 11.4 Å². The van der Waals surface area contributed by atoms with Gasteiger partial charge in [0.25, 0.3) is 5.91 Å². The number of azide groups is 1. The van der Waals surface area contributed by atoms with Gasteiger partial charge in [0.05, 0.1) is 5.69 Å². The van der Waals surface area contributed by atoms with E-state index in [4.69, 9.17) is 10.3 Å². The molecular formula is C9H8N4O2. The predicted molar refractivity (Wildman–Crippen MR) is 54.2 cm³/mol. The lowest BCUT2D eigenvalue weighted by Gasteiger charge is -2.25. The van der Waals surface area contributed by atoms with E-state index in [0.29, 0.717) is 17.1 Å². The zero-order valence-corrected chi connectivity index (χ0v) is 8.04. The molecule has 6 heteroatoms. The topological polar surface area (TPSA) is 78.3 Å². The maximum atomic E-state index is 11.3. The lowest BCUT2D eigenvalue weighted by Crippen LogP contribution is -2.35. The van der Waals surface area contributed by atoms with Crippen molar-refractivity contribution in [1.82, 2.24) is 0 Å². The van der Waals surface area contributed by atoms with Crippen LogP contribution in [0.2, 0.25) is 0 Å². The van der Waals surface area contributed by atoms with Crippen molar-refractivity contribution in [2.24, 2.45) is 5.11 Å². The summed E-state index contributed by atoms with van der Waals surface area (Å²) in [7, 11) is 1.68. The Morgan fingerprint density at radius 2 is 2.40 bits per heavy atom. The summed E-state index contributed by atoms with van der Waals surface area (Å²) in [5.41, 5.74) is 9.43. The van der Waals surface area contributed by atoms with Crippen LogP contribution in [0.15, 0.2) is 23.3 Å². The van der Waals surface area contributed by atoms with Gasteiger partial charge >= 0.3 is 0 Å². The molecule has 0 aliphatic carbocycles. The Kier molecular flexibility index (Phi) is 2.19. The van der Waals surface area contributed by atoms with E-state index in [9.17, 15) is 4.79 Å². The molecule has 1 aliphatic rings. The number of carbonyl (C=O) groups excluding carboxylic acids is 1. The van der Waals surface area contributed by atoms with Crippen LogP contribution in [0.1, 0.15) is 0 Å². The van der Waals surface area contributed by atoms with Gasteiger partial charge in [-0.2, -0.15) is 0 Å². The Balaban J connectivity index is 2.46. The molecule has 0 saturated carbocycles. The second-order valence-corrected chi connectivity index (χ2v) is 3.08. The Morgan fingerprint density at radius 1 is 1.60 bits per heavy atom. The van der Waals surface area contributed by atoms with Crippen molar-refractivity contribution in [2.45, 2.75) is 0 Å². The fourth-order valence-corrected chi connectivity index (χ4v) is 1.38. The van der Waals surface area contributed by atoms with Crippen LogP contribution in [-0.2, 0) is 4.79 Å². The Labute approximate surface area is 85.7 Å². The lowest BCUT2D eigenvalue weighted by molar-refractivity contribution is -0.120. The number of ether oxygens (including phenoxy) is 1. The quantitative estimate of drug-likeness (QED) is 0.398. The molecule has 1 aromatic rings. The molecule has 1 aliphatic heterocycles. The average Bonchev–Trinajstić information content (AvgIpc) is 2.24. The Morgan fingerprint density at radius 3 is 3.13 bits per heavy atom. The number of benzene rings is 1. The normalized spacial score (nSPS) is 13.9. The standard InChI is InChI=1S/C9H8N4O2/c1-13-7-3-2-6(11-12-10)4-8(7)15-5-9(13)14/h2-4H,5H2,1H3. The molecule has 0 fully saturated rings. The second-order valence-electron chi connectivity index (χ2n) is 3.08. The highest BCUT2D eigenvalue weighted by atomic mass is 16.5. The van der Waals surface area contributed by atoms with Gasteiger partial charge in [-0.25, -0.2) is 0 Å². The van der Waals surface area contributed by atoms with Gasteiger partial charge in [0.1, 0.15) is 5.75 Å². The molecule has 1 heterocycles. The highest BCUT2D eigenvalue weighted by Gasteiger charge is 2.21. The molecule has 6 nitrogen and oxygen atoms in total. The van der Waals surface area contributed by atoms with Crippen LogP contribution in [0.5, 0.6) is 5.75 Å². The van der Waals surface area contributed by atoms with Gasteiger partial charge in [-0.1, -0.05) is 11.2 Å². The molecule has 0 radical (unpaired) electrons. The van der Waals surface area contributed by atoms with Gasteiger partial charge in [0, 0.05) is 17.6 Å². The van der Waals surface area contributed by atoms with Crippen molar-refractivity contribution < 1.29 is 9.53 Å². The molecule has 1 amide bonds. The summed E-state index contributed by atoms with van der Waals surface area (Å²) in [6.07, 6.45) is 0. The van der Waals surface area contributed by atoms with E-state index in [1.165, 1.54) is 4.90 Å². The number of carbonyl (C=O) groups is 1. The second kappa shape index (κ2) is 3.51. The minimum Gasteiger partial charge on any atom is -0.482 e. The monoisotopic (exact) mass is 204 g/mol. The van der Waals surface area contributed by atoms with E-state index in [0.717, 1.165) is 0 Å². The molecule has 0 bridgehead atoms. The Bertz CT molecular complexity index is 465. The number of rotatable bonds is 1. The molecule has 0 unspecified atom stereocenters. The molecule has 0 atom stereocenters. The first kappa shape index (κ1) is 9.36. The first-order valence-electron chi connectivity index (χ1n) is 4.31. The minimum atomic E-state index is -0.0981. The number of hydrogen-bond acceptors (Lipinski definition) is 3. The fraction of sp³-hybridized carbons (Fsp3) is 0.222. The van der Waals surface area contributed by atoms with E-state index in [-0.39, 0.29) is 12.5 Å². The summed E-state index contributed by atoms with van der Waals surface area (Å²) in [4.78, 5) is 15.5. The maximum Gasteiger partial charge on any atom is 0.264 e. The molecule has 0 spiro atoms. The van der Waals surface area contributed by atoms with Crippen LogP contribution in [0.25, 0.3) is 10.4 Å². The highest BCUT2D eigenvalue weighted by Crippen LogP contribution is 2.34. The van der Waals surface area contributed by atoms with Gasteiger partial charge < -0.3 is 9.64 Å². The number of amides is 1. The van der Waals surface area contributed by atoms with Gasteiger partial charge in [-0.3, -0.25) is 4.79 Å². The molecule has 0 saturated heterocycles. The van der Waals surface area contributed by atoms with Crippen molar-refractivity contribution in [2.75, 3.05) is 18.6 Å². The van der Waals surface area contributed by atoms with Crippen LogP contribution in [0, 0.1) is 0 Å². The van der Waals surface area contributed by atoms with E-state index in [1.54, 1.807) is 25.2 Å². The number of hydrogen-bond donors (Lipinski definition) is 0. The van der Waals surface area contributed by atoms with Crippen LogP contribution < -0.4 is 9.64 Å². The summed E-state index contributed by atoms with van der Waals surface area (Å²) in [6, 6.07) is 4.94. The summed E-state index contributed by atoms with van der Waals surface area (Å²) in [6.45, 7) is 0.0171. The number of fused-ring (bicyclic) bond motifs is 1. The third-order valence-electron chi connectivity index (χ3n) is 2.19. The zero-order valence-electron chi connectivity index (χ0n) is 8.04. The van der Waals surface area contributed by atoms with Crippen molar-refractivity contribution in [3.8, 4) is 5.75 Å². The summed E-state index contributed by atoms with van der Waals surface area (Å²) in [5, 5.41) is 3.46. The molecule has 15 heavy (non-hydrogen) atoms. The zero-order chi connectivity index (χ0) is 10.8. The smallest absolute Gasteiger partial charge is 0.264 e. The van der Waals surface area contributed by atoms with E-state index < -0.39 is 0 Å². The summed E-state index contributed by atoms with van der Waals surface area (Å²) >= 11 is 0. The number of anilines is 1. The van der Waals surface area contributed by atoms with Crippen molar-refractivity contribution in [3.63, 3.8) is 0 Å². The van der Waals surface area contributed by atoms with Crippen molar-refractivity contribution in [3.05, 3.63) is 28.6 Å².